The average molecular weight is 326 g/mol. The minimum Gasteiger partial charge on any atom is -0.481 e. The molecule has 0 aliphatic heterocycles. The molecule has 0 bridgehead atoms. The van der Waals surface area contributed by atoms with E-state index >= 15 is 0 Å². The summed E-state index contributed by atoms with van der Waals surface area (Å²) in [6, 6.07) is 18.2. The van der Waals surface area contributed by atoms with Crippen LogP contribution >= 0.6 is 0 Å². The van der Waals surface area contributed by atoms with Crippen LogP contribution in [-0.4, -0.2) is 11.1 Å². The molecule has 114 valence electrons. The SMILES string of the molecule is O=C(O)C1CCCCC1C[c-]1cccc1.[Fe+2].c1cc[cH-]c1. The van der Waals surface area contributed by atoms with Crippen LogP contribution in [0.15, 0.2) is 54.6 Å². The molecule has 0 saturated heterocycles. The fraction of sp³-hybridized carbons (Fsp3) is 0.389. The molecule has 1 aliphatic rings. The third-order valence-corrected chi connectivity index (χ3v) is 4.01. The summed E-state index contributed by atoms with van der Waals surface area (Å²) >= 11 is 0. The Morgan fingerprint density at radius 1 is 1.10 bits per heavy atom. The molecule has 2 unspecified atom stereocenters. The number of rotatable bonds is 3. The third-order valence-electron chi connectivity index (χ3n) is 4.01. The van der Waals surface area contributed by atoms with Crippen molar-refractivity contribution in [2.75, 3.05) is 0 Å². The quantitative estimate of drug-likeness (QED) is 0.676. The van der Waals surface area contributed by atoms with E-state index < -0.39 is 5.97 Å². The van der Waals surface area contributed by atoms with Gasteiger partial charge in [0.1, 0.15) is 0 Å². The summed E-state index contributed by atoms with van der Waals surface area (Å²) in [4.78, 5) is 11.1. The molecule has 2 atom stereocenters. The normalized spacial score (nSPS) is 20.8. The van der Waals surface area contributed by atoms with Crippen molar-refractivity contribution >= 4 is 5.97 Å². The zero-order chi connectivity index (χ0) is 14.2. The van der Waals surface area contributed by atoms with Gasteiger partial charge < -0.3 is 5.11 Å². The fourth-order valence-electron chi connectivity index (χ4n) is 2.95. The summed E-state index contributed by atoms with van der Waals surface area (Å²) in [7, 11) is 0. The van der Waals surface area contributed by atoms with E-state index in [9.17, 15) is 4.79 Å². The second kappa shape index (κ2) is 9.59. The van der Waals surface area contributed by atoms with Crippen LogP contribution in [0.2, 0.25) is 0 Å². The van der Waals surface area contributed by atoms with Crippen LogP contribution < -0.4 is 0 Å². The molecule has 3 rings (SSSR count). The Kier molecular flexibility index (Phi) is 8.10. The average Bonchev–Trinajstić information content (AvgIpc) is 3.15. The second-order valence-corrected chi connectivity index (χ2v) is 5.45. The van der Waals surface area contributed by atoms with E-state index in [2.05, 4.69) is 12.1 Å². The van der Waals surface area contributed by atoms with Crippen LogP contribution in [0, 0.1) is 11.8 Å². The van der Waals surface area contributed by atoms with Gasteiger partial charge in [0.05, 0.1) is 5.92 Å². The number of carbonyl (C=O) groups is 1. The minimum absolute atomic E-state index is 0. The zero-order valence-electron chi connectivity index (χ0n) is 12.1. The number of carboxylic acid groups (broad SMARTS) is 1. The van der Waals surface area contributed by atoms with Crippen LogP contribution in [0.3, 0.4) is 0 Å². The third kappa shape index (κ3) is 5.91. The summed E-state index contributed by atoms with van der Waals surface area (Å²) in [5, 5.41) is 9.14. The Hall–Kier alpha value is -1.31. The molecule has 1 N–H and O–H groups in total. The van der Waals surface area contributed by atoms with Crippen molar-refractivity contribution in [3.63, 3.8) is 0 Å². The van der Waals surface area contributed by atoms with Crippen LogP contribution in [0.4, 0.5) is 0 Å². The smallest absolute Gasteiger partial charge is 0.481 e. The van der Waals surface area contributed by atoms with Gasteiger partial charge in [-0.1, -0.05) is 25.7 Å². The standard InChI is InChI=1S/C13H17O2.C5H5.Fe/c14-13(15)12-8-4-3-7-11(12)9-10-5-1-2-6-10;1-2-4-5-3-1;/h1-2,5-6,11-12H,3-4,7-9H2,(H,14,15);1-5H;/q2*-1;+2. The predicted molar refractivity (Wildman–Crippen MR) is 80.9 cm³/mol. The van der Waals surface area contributed by atoms with E-state index in [-0.39, 0.29) is 23.0 Å². The van der Waals surface area contributed by atoms with Crippen molar-refractivity contribution in [2.45, 2.75) is 32.1 Å². The zero-order valence-corrected chi connectivity index (χ0v) is 13.2. The summed E-state index contributed by atoms with van der Waals surface area (Å²) in [5.41, 5.74) is 1.29. The largest absolute Gasteiger partial charge is 2.00 e. The van der Waals surface area contributed by atoms with E-state index in [0.717, 1.165) is 25.7 Å². The molecule has 2 nitrogen and oxygen atoms in total. The van der Waals surface area contributed by atoms with Gasteiger partial charge >= 0.3 is 23.0 Å². The van der Waals surface area contributed by atoms with Crippen molar-refractivity contribution in [2.24, 2.45) is 11.8 Å². The molecule has 1 aliphatic carbocycles. The fourth-order valence-corrected chi connectivity index (χ4v) is 2.95. The van der Waals surface area contributed by atoms with Gasteiger partial charge in [0.15, 0.2) is 0 Å². The predicted octanol–water partition coefficient (Wildman–Crippen LogP) is 4.24. The maximum atomic E-state index is 11.1. The molecule has 0 spiro atoms. The molecule has 0 aromatic heterocycles. The molecule has 21 heavy (non-hydrogen) atoms. The van der Waals surface area contributed by atoms with Crippen LogP contribution in [0.25, 0.3) is 0 Å². The molecule has 0 radical (unpaired) electrons. The van der Waals surface area contributed by atoms with Gasteiger partial charge in [-0.2, -0.15) is 35.9 Å². The molecule has 2 aromatic carbocycles. The summed E-state index contributed by atoms with van der Waals surface area (Å²) in [6.07, 6.45) is 5.14. The summed E-state index contributed by atoms with van der Waals surface area (Å²) < 4.78 is 0. The van der Waals surface area contributed by atoms with Gasteiger partial charge in [0, 0.05) is 0 Å². The first-order valence-electron chi connectivity index (χ1n) is 7.37. The monoisotopic (exact) mass is 326 g/mol. The molecule has 0 amide bonds. The maximum Gasteiger partial charge on any atom is 2.00 e. The van der Waals surface area contributed by atoms with Gasteiger partial charge in [-0.3, -0.25) is 4.79 Å². The Balaban J connectivity index is 0.000000313. The van der Waals surface area contributed by atoms with E-state index in [1.165, 1.54) is 12.0 Å². The van der Waals surface area contributed by atoms with Gasteiger partial charge in [0.25, 0.3) is 0 Å². The Morgan fingerprint density at radius 3 is 2.24 bits per heavy atom. The molecule has 1 saturated carbocycles. The van der Waals surface area contributed by atoms with Gasteiger partial charge in [-0.05, 0) is 12.3 Å². The van der Waals surface area contributed by atoms with E-state index in [0.29, 0.717) is 5.92 Å². The van der Waals surface area contributed by atoms with Gasteiger partial charge in [-0.15, -0.1) is 0 Å². The Labute approximate surface area is 137 Å². The second-order valence-electron chi connectivity index (χ2n) is 5.45. The topological polar surface area (TPSA) is 37.3 Å². The Bertz CT molecular complexity index is 456. The molecule has 2 aromatic rings. The minimum atomic E-state index is -0.605. The molecule has 3 heteroatoms. The van der Waals surface area contributed by atoms with E-state index in [1.54, 1.807) is 0 Å². The van der Waals surface area contributed by atoms with Gasteiger partial charge in [-0.25, -0.2) is 24.3 Å². The van der Waals surface area contributed by atoms with E-state index in [4.69, 9.17) is 5.11 Å². The van der Waals surface area contributed by atoms with Crippen LogP contribution in [0.5, 0.6) is 0 Å². The molecule has 0 heterocycles. The van der Waals surface area contributed by atoms with Crippen molar-refractivity contribution in [3.05, 3.63) is 60.2 Å². The van der Waals surface area contributed by atoms with Crippen molar-refractivity contribution in [3.8, 4) is 0 Å². The van der Waals surface area contributed by atoms with Crippen molar-refractivity contribution in [1.82, 2.24) is 0 Å². The number of hydrogen-bond acceptors (Lipinski definition) is 1. The van der Waals surface area contributed by atoms with Crippen LogP contribution in [0.1, 0.15) is 31.2 Å². The first kappa shape index (κ1) is 17.7. The van der Waals surface area contributed by atoms with Crippen LogP contribution in [-0.2, 0) is 28.3 Å². The Morgan fingerprint density at radius 2 is 1.71 bits per heavy atom. The first-order chi connectivity index (χ1) is 9.77. The molecule has 1 fully saturated rings. The number of aliphatic carboxylic acids is 1. The molecular formula is C18H22FeO2. The number of hydrogen-bond donors (Lipinski definition) is 1. The van der Waals surface area contributed by atoms with Gasteiger partial charge in [0.2, 0.25) is 0 Å². The van der Waals surface area contributed by atoms with E-state index in [1.807, 2.05) is 42.5 Å². The maximum absolute atomic E-state index is 11.1. The van der Waals surface area contributed by atoms with Crippen molar-refractivity contribution in [1.29, 1.82) is 0 Å². The summed E-state index contributed by atoms with van der Waals surface area (Å²) in [5.74, 6) is -0.376. The molecular weight excluding hydrogens is 304 g/mol. The first-order valence-corrected chi connectivity index (χ1v) is 7.37. The summed E-state index contributed by atoms with van der Waals surface area (Å²) in [6.45, 7) is 0. The van der Waals surface area contributed by atoms with Crippen molar-refractivity contribution < 1.29 is 27.0 Å². The number of carboxylic acids is 1.